The molecule has 0 aliphatic heterocycles. The highest BCUT2D eigenvalue weighted by Gasteiger charge is 2.16. The summed E-state index contributed by atoms with van der Waals surface area (Å²) in [6.45, 7) is 0.380. The Labute approximate surface area is 123 Å². The molecule has 3 aromatic rings. The minimum absolute atomic E-state index is 0.00946. The lowest BCUT2D eigenvalue weighted by atomic mass is 10.4. The Hall–Kier alpha value is -3.30. The van der Waals surface area contributed by atoms with E-state index in [0.717, 1.165) is 0 Å². The summed E-state index contributed by atoms with van der Waals surface area (Å²) in [5, 5.41) is 5.32. The third-order valence-electron chi connectivity index (χ3n) is 2.68. The largest absolute Gasteiger partial charge is 0.467 e. The molecular weight excluding hydrogens is 292 g/mol. The molecule has 0 aliphatic rings. The molecule has 0 saturated carbocycles. The maximum absolute atomic E-state index is 11.2. The zero-order valence-corrected chi connectivity index (χ0v) is 11.5. The van der Waals surface area contributed by atoms with E-state index in [-0.39, 0.29) is 17.7 Å². The first-order chi connectivity index (χ1) is 10.7. The van der Waals surface area contributed by atoms with E-state index in [1.807, 2.05) is 6.07 Å². The number of anilines is 3. The molecule has 3 aromatic heterocycles. The van der Waals surface area contributed by atoms with Crippen molar-refractivity contribution in [3.05, 3.63) is 24.2 Å². The number of hydrogen-bond donors (Lipinski definition) is 3. The number of hydrogen-bond acceptors (Lipinski definition) is 9. The number of furan rings is 1. The molecule has 114 valence electrons. The Bertz CT molecular complexity index is 797. The zero-order valence-electron chi connectivity index (χ0n) is 11.5. The summed E-state index contributed by atoms with van der Waals surface area (Å²) in [6, 6.07) is 3.51. The summed E-state index contributed by atoms with van der Waals surface area (Å²) in [4.78, 5) is 23.2. The number of methoxy groups -OCH3 is 1. The number of amides is 1. The Morgan fingerprint density at radius 2 is 2.27 bits per heavy atom. The van der Waals surface area contributed by atoms with Crippen LogP contribution >= 0.6 is 0 Å². The first kappa shape index (κ1) is 13.7. The van der Waals surface area contributed by atoms with Crippen LogP contribution in [0.25, 0.3) is 11.2 Å². The quantitative estimate of drug-likeness (QED) is 0.654. The fourth-order valence-corrected chi connectivity index (χ4v) is 1.74. The molecule has 10 heteroatoms. The number of carbonyl (C=O) groups excluding carboxylic acids is 1. The van der Waals surface area contributed by atoms with Crippen molar-refractivity contribution >= 4 is 35.1 Å². The lowest BCUT2D eigenvalue weighted by Crippen LogP contribution is -2.10. The van der Waals surface area contributed by atoms with Crippen molar-refractivity contribution in [3.8, 4) is 0 Å². The van der Waals surface area contributed by atoms with E-state index >= 15 is 0 Å². The Morgan fingerprint density at radius 1 is 1.41 bits per heavy atom. The highest BCUT2D eigenvalue weighted by atomic mass is 16.5. The van der Waals surface area contributed by atoms with Crippen molar-refractivity contribution in [1.82, 2.24) is 15.0 Å². The maximum Gasteiger partial charge on any atom is 0.414 e. The minimum atomic E-state index is -0.711. The van der Waals surface area contributed by atoms with Crippen molar-refractivity contribution in [2.75, 3.05) is 23.5 Å². The maximum atomic E-state index is 11.2. The van der Waals surface area contributed by atoms with Crippen LogP contribution in [-0.2, 0) is 11.3 Å². The number of oxazole rings is 1. The van der Waals surface area contributed by atoms with E-state index in [1.54, 1.807) is 12.3 Å². The van der Waals surface area contributed by atoms with Crippen LogP contribution in [0.3, 0.4) is 0 Å². The molecule has 22 heavy (non-hydrogen) atoms. The van der Waals surface area contributed by atoms with Gasteiger partial charge in [0.1, 0.15) is 5.76 Å². The molecule has 0 bridgehead atoms. The van der Waals surface area contributed by atoms with Crippen molar-refractivity contribution in [3.63, 3.8) is 0 Å². The second kappa shape index (κ2) is 5.60. The molecule has 10 nitrogen and oxygen atoms in total. The van der Waals surface area contributed by atoms with Gasteiger partial charge in [0, 0.05) is 0 Å². The van der Waals surface area contributed by atoms with Gasteiger partial charge >= 0.3 is 12.1 Å². The summed E-state index contributed by atoms with van der Waals surface area (Å²) >= 11 is 0. The molecule has 3 rings (SSSR count). The summed E-state index contributed by atoms with van der Waals surface area (Å²) in [6.07, 6.45) is 0.854. The molecule has 3 heterocycles. The van der Waals surface area contributed by atoms with Gasteiger partial charge in [-0.25, -0.2) is 10.1 Å². The van der Waals surface area contributed by atoms with E-state index in [9.17, 15) is 4.79 Å². The highest BCUT2D eigenvalue weighted by molar-refractivity contribution is 5.87. The van der Waals surface area contributed by atoms with Crippen molar-refractivity contribution in [2.45, 2.75) is 6.54 Å². The highest BCUT2D eigenvalue weighted by Crippen LogP contribution is 2.24. The van der Waals surface area contributed by atoms with Crippen LogP contribution in [0.4, 0.5) is 22.6 Å². The molecule has 0 radical (unpaired) electrons. The van der Waals surface area contributed by atoms with Crippen LogP contribution in [0.2, 0.25) is 0 Å². The number of nitrogen functional groups attached to an aromatic ring is 1. The van der Waals surface area contributed by atoms with Crippen LogP contribution in [0.5, 0.6) is 0 Å². The molecule has 0 aromatic carbocycles. The molecular formula is C12H12N6O4. The van der Waals surface area contributed by atoms with Gasteiger partial charge < -0.3 is 24.6 Å². The lowest BCUT2D eigenvalue weighted by molar-refractivity contribution is 0.186. The Balaban J connectivity index is 1.89. The van der Waals surface area contributed by atoms with Crippen LogP contribution in [0.1, 0.15) is 5.76 Å². The monoisotopic (exact) mass is 304 g/mol. The van der Waals surface area contributed by atoms with Gasteiger partial charge in [-0.15, -0.1) is 0 Å². The predicted molar refractivity (Wildman–Crippen MR) is 76.1 cm³/mol. The Kier molecular flexibility index (Phi) is 3.48. The van der Waals surface area contributed by atoms with Gasteiger partial charge in [0.05, 0.1) is 19.9 Å². The molecule has 0 aliphatic carbocycles. The topological polar surface area (TPSA) is 141 Å². The third kappa shape index (κ3) is 2.75. The molecule has 0 fully saturated rings. The average Bonchev–Trinajstić information content (AvgIpc) is 3.13. The zero-order chi connectivity index (χ0) is 15.5. The number of aromatic nitrogens is 3. The first-order valence-corrected chi connectivity index (χ1v) is 6.21. The van der Waals surface area contributed by atoms with E-state index in [4.69, 9.17) is 14.6 Å². The van der Waals surface area contributed by atoms with Crippen LogP contribution < -0.4 is 16.4 Å². The molecule has 0 spiro atoms. The number of ether oxygens (including phenoxy) is 1. The molecule has 0 saturated heterocycles. The number of nitrogens with two attached hydrogens (primary N) is 1. The average molecular weight is 304 g/mol. The van der Waals surface area contributed by atoms with Gasteiger partial charge in [0.15, 0.2) is 11.3 Å². The van der Waals surface area contributed by atoms with Crippen LogP contribution in [-0.4, -0.2) is 28.2 Å². The van der Waals surface area contributed by atoms with E-state index in [1.165, 1.54) is 7.11 Å². The third-order valence-corrected chi connectivity index (χ3v) is 2.68. The SMILES string of the molecule is COC(=O)Nc1nc2c(NCc3ccco3)nc(N)nc2o1. The normalized spacial score (nSPS) is 10.6. The number of fused-ring (bicyclic) bond motifs is 1. The summed E-state index contributed by atoms with van der Waals surface area (Å²) in [5.41, 5.74) is 6.09. The summed E-state index contributed by atoms with van der Waals surface area (Å²) < 4.78 is 15.0. The number of nitrogens with zero attached hydrogens (tertiary/aromatic N) is 3. The van der Waals surface area contributed by atoms with Crippen LogP contribution in [0, 0.1) is 0 Å². The van der Waals surface area contributed by atoms with E-state index < -0.39 is 6.09 Å². The molecule has 4 N–H and O–H groups in total. The Morgan fingerprint density at radius 3 is 3.00 bits per heavy atom. The van der Waals surface area contributed by atoms with Gasteiger partial charge in [-0.3, -0.25) is 0 Å². The molecule has 1 amide bonds. The standard InChI is InChI=1S/C12H12N6O4/c1-20-12(19)18-11-15-7-8(14-5-6-3-2-4-21-6)16-10(13)17-9(7)22-11/h2-4H,5H2,1H3,(H,15,18,19)(H3,13,14,16,17). The van der Waals surface area contributed by atoms with E-state index in [0.29, 0.717) is 23.6 Å². The van der Waals surface area contributed by atoms with Gasteiger partial charge in [0.2, 0.25) is 5.95 Å². The summed E-state index contributed by atoms with van der Waals surface area (Å²) in [5.74, 6) is 1.08. The van der Waals surface area contributed by atoms with Gasteiger partial charge in [-0.2, -0.15) is 15.0 Å². The first-order valence-electron chi connectivity index (χ1n) is 6.21. The van der Waals surface area contributed by atoms with Gasteiger partial charge in [-0.1, -0.05) is 0 Å². The van der Waals surface area contributed by atoms with Gasteiger partial charge in [0.25, 0.3) is 5.71 Å². The number of rotatable bonds is 4. The molecule has 0 atom stereocenters. The lowest BCUT2D eigenvalue weighted by Gasteiger charge is -2.03. The number of carbonyl (C=O) groups is 1. The van der Waals surface area contributed by atoms with E-state index in [2.05, 4.69) is 30.3 Å². The fraction of sp³-hybridized carbons (Fsp3) is 0.167. The van der Waals surface area contributed by atoms with Crippen molar-refractivity contribution in [1.29, 1.82) is 0 Å². The van der Waals surface area contributed by atoms with Crippen molar-refractivity contribution in [2.24, 2.45) is 0 Å². The molecule has 0 unspecified atom stereocenters. The smallest absolute Gasteiger partial charge is 0.414 e. The minimum Gasteiger partial charge on any atom is -0.467 e. The van der Waals surface area contributed by atoms with Crippen molar-refractivity contribution < 1.29 is 18.4 Å². The van der Waals surface area contributed by atoms with Crippen LogP contribution in [0.15, 0.2) is 27.2 Å². The number of nitrogens with one attached hydrogen (secondary N) is 2. The second-order valence-electron chi connectivity index (χ2n) is 4.15. The second-order valence-corrected chi connectivity index (χ2v) is 4.15. The fourth-order valence-electron chi connectivity index (χ4n) is 1.74. The van der Waals surface area contributed by atoms with Gasteiger partial charge in [-0.05, 0) is 12.1 Å². The summed E-state index contributed by atoms with van der Waals surface area (Å²) in [7, 11) is 1.23. The predicted octanol–water partition coefficient (Wildman–Crippen LogP) is 1.58.